The predicted molar refractivity (Wildman–Crippen MR) is 64.9 cm³/mol. The van der Waals surface area contributed by atoms with E-state index in [0.29, 0.717) is 0 Å². The number of ether oxygens (including phenoxy) is 1. The van der Waals surface area contributed by atoms with E-state index in [4.69, 9.17) is 14.8 Å². The van der Waals surface area contributed by atoms with Crippen molar-refractivity contribution in [1.82, 2.24) is 4.98 Å². The van der Waals surface area contributed by atoms with E-state index in [-0.39, 0.29) is 11.4 Å². The van der Waals surface area contributed by atoms with Crippen LogP contribution >= 0.6 is 0 Å². The van der Waals surface area contributed by atoms with Crippen molar-refractivity contribution in [3.05, 3.63) is 18.5 Å². The van der Waals surface area contributed by atoms with Crippen LogP contribution in [0.3, 0.4) is 0 Å². The largest absolute Gasteiger partial charge is 0.707 e. The van der Waals surface area contributed by atoms with Gasteiger partial charge in [-0.2, -0.15) is 0 Å². The second kappa shape index (κ2) is 5.70. The molecule has 1 aromatic heterocycles. The van der Waals surface area contributed by atoms with Crippen LogP contribution in [-0.2, 0) is 4.74 Å². The minimum absolute atomic E-state index is 0.0749. The third kappa shape index (κ3) is 5.02. The van der Waals surface area contributed by atoms with Crippen LogP contribution in [0.15, 0.2) is 18.5 Å². The number of nitrogens with one attached hydrogen (secondary N) is 1. The molecule has 0 unspecified atom stereocenters. The van der Waals surface area contributed by atoms with Gasteiger partial charge in [-0.1, -0.05) is 0 Å². The second-order valence-corrected chi connectivity index (χ2v) is 4.44. The van der Waals surface area contributed by atoms with Crippen molar-refractivity contribution in [1.29, 1.82) is 0 Å². The van der Waals surface area contributed by atoms with Crippen molar-refractivity contribution in [2.24, 2.45) is 0 Å². The summed E-state index contributed by atoms with van der Waals surface area (Å²) in [7, 11) is -1.98. The summed E-state index contributed by atoms with van der Waals surface area (Å²) in [6.07, 6.45) is 2.01. The Kier molecular flexibility index (Phi) is 4.52. The Morgan fingerprint density at radius 1 is 1.44 bits per heavy atom. The average Bonchev–Trinajstić information content (AvgIpc) is 2.17. The van der Waals surface area contributed by atoms with E-state index in [0.717, 1.165) is 0 Å². The van der Waals surface area contributed by atoms with E-state index in [1.54, 1.807) is 20.8 Å². The van der Waals surface area contributed by atoms with Crippen LogP contribution in [0.5, 0.6) is 5.75 Å². The molecule has 8 heteroatoms. The van der Waals surface area contributed by atoms with E-state index in [9.17, 15) is 4.79 Å². The van der Waals surface area contributed by atoms with Crippen molar-refractivity contribution in [3.63, 3.8) is 0 Å². The number of aromatic nitrogens is 1. The number of carbonyl (C=O) groups excluding carboxylic acids is 1. The van der Waals surface area contributed by atoms with Crippen molar-refractivity contribution in [2.45, 2.75) is 26.4 Å². The van der Waals surface area contributed by atoms with Gasteiger partial charge in [0.2, 0.25) is 0 Å². The first-order valence-corrected chi connectivity index (χ1v) is 5.25. The summed E-state index contributed by atoms with van der Waals surface area (Å²) < 4.78 is 9.72. The van der Waals surface area contributed by atoms with E-state index in [1.807, 2.05) is 0 Å². The van der Waals surface area contributed by atoms with Gasteiger partial charge in [-0.25, -0.2) is 4.79 Å². The molecule has 3 N–H and O–H groups in total. The van der Waals surface area contributed by atoms with Crippen LogP contribution in [0.4, 0.5) is 10.5 Å². The molecule has 0 saturated heterocycles. The summed E-state index contributed by atoms with van der Waals surface area (Å²) in [5.41, 5.74) is -0.455. The molecule has 1 amide bonds. The Hall–Kier alpha value is -1.80. The Morgan fingerprint density at radius 2 is 2.11 bits per heavy atom. The fourth-order valence-electron chi connectivity index (χ4n) is 1.11. The number of nitrogens with zero attached hydrogens (tertiary/aromatic N) is 1. The first-order chi connectivity index (χ1) is 8.28. The van der Waals surface area contributed by atoms with Crippen molar-refractivity contribution < 1.29 is 24.2 Å². The number of rotatable bonds is 3. The number of hydrogen-bond acceptors (Lipinski definition) is 6. The van der Waals surface area contributed by atoms with E-state index >= 15 is 0 Å². The lowest BCUT2D eigenvalue weighted by molar-refractivity contribution is 0.0635. The number of hydrogen-bond donors (Lipinski definition) is 3. The number of amides is 1. The summed E-state index contributed by atoms with van der Waals surface area (Å²) in [5, 5.41) is 19.8. The maximum absolute atomic E-state index is 11.5. The van der Waals surface area contributed by atoms with Gasteiger partial charge in [0.05, 0.1) is 6.20 Å². The lowest BCUT2D eigenvalue weighted by atomic mass is 10.2. The van der Waals surface area contributed by atoms with Crippen molar-refractivity contribution in [3.8, 4) is 5.75 Å². The number of pyridine rings is 1. The molecule has 0 atom stereocenters. The van der Waals surface area contributed by atoms with Crippen LogP contribution in [0.25, 0.3) is 0 Å². The Balaban J connectivity index is 2.75. The molecular formula is C10H15BN2O5. The topological polar surface area (TPSA) is 101 Å². The Bertz CT molecular complexity index is 419. The minimum Gasteiger partial charge on any atom is -0.510 e. The molecule has 0 radical (unpaired) electrons. The zero-order valence-corrected chi connectivity index (χ0v) is 10.4. The minimum atomic E-state index is -1.98. The van der Waals surface area contributed by atoms with Gasteiger partial charge in [0.1, 0.15) is 17.0 Å². The zero-order valence-electron chi connectivity index (χ0n) is 10.4. The first kappa shape index (κ1) is 14.3. The van der Waals surface area contributed by atoms with E-state index in [2.05, 4.69) is 15.0 Å². The summed E-state index contributed by atoms with van der Waals surface area (Å²) >= 11 is 0. The summed E-state index contributed by atoms with van der Waals surface area (Å²) in [6.45, 7) is 5.18. The molecule has 1 heterocycles. The lowest BCUT2D eigenvalue weighted by Crippen LogP contribution is -2.28. The molecule has 0 aliphatic carbocycles. The number of anilines is 1. The summed E-state index contributed by atoms with van der Waals surface area (Å²) in [6, 6.07) is 1.38. The van der Waals surface area contributed by atoms with Crippen molar-refractivity contribution in [2.75, 3.05) is 5.32 Å². The molecule has 0 bridgehead atoms. The fourth-order valence-corrected chi connectivity index (χ4v) is 1.11. The molecule has 1 rings (SSSR count). The van der Waals surface area contributed by atoms with Crippen LogP contribution in [-0.4, -0.2) is 34.0 Å². The molecule has 18 heavy (non-hydrogen) atoms. The molecule has 0 aliphatic heterocycles. The van der Waals surface area contributed by atoms with Gasteiger partial charge in [-0.3, -0.25) is 10.3 Å². The van der Waals surface area contributed by atoms with Crippen molar-refractivity contribution >= 4 is 19.1 Å². The summed E-state index contributed by atoms with van der Waals surface area (Å²) in [4.78, 5) is 15.3. The molecule has 0 fully saturated rings. The molecule has 0 aromatic carbocycles. The van der Waals surface area contributed by atoms with Crippen LogP contribution < -0.4 is 9.97 Å². The molecule has 7 nitrogen and oxygen atoms in total. The van der Waals surface area contributed by atoms with Gasteiger partial charge < -0.3 is 19.4 Å². The highest BCUT2D eigenvalue weighted by molar-refractivity contribution is 6.34. The van der Waals surface area contributed by atoms with Gasteiger partial charge in [-0.15, -0.1) is 0 Å². The quantitative estimate of drug-likeness (QED) is 0.689. The molecule has 0 saturated carbocycles. The normalized spacial score (nSPS) is 10.7. The highest BCUT2D eigenvalue weighted by Crippen LogP contribution is 2.23. The summed E-state index contributed by atoms with van der Waals surface area (Å²) in [5.74, 6) is 0.0749. The Morgan fingerprint density at radius 3 is 2.67 bits per heavy atom. The number of carbonyl (C=O) groups is 1. The smallest absolute Gasteiger partial charge is 0.510 e. The van der Waals surface area contributed by atoms with Gasteiger partial charge in [-0.05, 0) is 26.8 Å². The lowest BCUT2D eigenvalue weighted by Gasteiger charge is -2.20. The third-order valence-corrected chi connectivity index (χ3v) is 1.65. The van der Waals surface area contributed by atoms with Gasteiger partial charge in [0, 0.05) is 6.20 Å². The maximum atomic E-state index is 11.5. The van der Waals surface area contributed by atoms with E-state index < -0.39 is 19.0 Å². The molecule has 98 valence electrons. The zero-order chi connectivity index (χ0) is 13.8. The van der Waals surface area contributed by atoms with Crippen LogP contribution in [0.1, 0.15) is 20.8 Å². The average molecular weight is 254 g/mol. The first-order valence-electron chi connectivity index (χ1n) is 5.25. The standard InChI is InChI=1S/C10H15BN2O5/c1-10(2,3)17-9(14)13-7-6-12-5-4-8(7)18-11(15)16/h4-6,15-16H,1-3H3,(H,13,14). The fraction of sp³-hybridized carbons (Fsp3) is 0.400. The van der Waals surface area contributed by atoms with Crippen LogP contribution in [0.2, 0.25) is 0 Å². The molecular weight excluding hydrogens is 239 g/mol. The van der Waals surface area contributed by atoms with Crippen LogP contribution in [0, 0.1) is 0 Å². The third-order valence-electron chi connectivity index (χ3n) is 1.65. The molecule has 0 aliphatic rings. The maximum Gasteiger partial charge on any atom is 0.707 e. The Labute approximate surface area is 105 Å². The van der Waals surface area contributed by atoms with Gasteiger partial charge >= 0.3 is 13.4 Å². The van der Waals surface area contributed by atoms with E-state index in [1.165, 1.54) is 18.5 Å². The SMILES string of the molecule is CC(C)(C)OC(=O)Nc1cnccc1OB(O)O. The highest BCUT2D eigenvalue weighted by Gasteiger charge is 2.19. The highest BCUT2D eigenvalue weighted by atomic mass is 16.6. The molecule has 0 spiro atoms. The van der Waals surface area contributed by atoms with Gasteiger partial charge in [0.15, 0.2) is 0 Å². The monoisotopic (exact) mass is 254 g/mol. The van der Waals surface area contributed by atoms with Gasteiger partial charge in [0.25, 0.3) is 0 Å². The second-order valence-electron chi connectivity index (χ2n) is 4.44. The molecule has 1 aromatic rings. The predicted octanol–water partition coefficient (Wildman–Crippen LogP) is 0.777.